The quantitative estimate of drug-likeness (QED) is 0.841. The number of rotatable bonds is 3. The van der Waals surface area contributed by atoms with Gasteiger partial charge in [0.05, 0.1) is 5.92 Å². The average Bonchev–Trinajstić information content (AvgIpc) is 3.00. The van der Waals surface area contributed by atoms with Gasteiger partial charge in [-0.1, -0.05) is 17.3 Å². The minimum Gasteiger partial charge on any atom is -0.338 e. The monoisotopic (exact) mass is 365 g/mol. The third-order valence-corrected chi connectivity index (χ3v) is 4.05. The van der Waals surface area contributed by atoms with Crippen LogP contribution in [0.5, 0.6) is 0 Å². The van der Waals surface area contributed by atoms with E-state index < -0.39 is 23.7 Å². The molecule has 3 rings (SSSR count). The summed E-state index contributed by atoms with van der Waals surface area (Å²) in [6.45, 7) is 1.53. The Bertz CT molecular complexity index is 653. The summed E-state index contributed by atoms with van der Waals surface area (Å²) in [4.78, 5) is 3.54. The van der Waals surface area contributed by atoms with Crippen LogP contribution in [0, 0.1) is 11.7 Å². The Balaban J connectivity index is 0.00000208. The zero-order chi connectivity index (χ0) is 16.4. The molecule has 2 aromatic rings. The molecule has 1 saturated heterocycles. The molecule has 2 heterocycles. The number of alkyl halides is 3. The molecular formula is C15H16ClF4N3O. The molecule has 1 aliphatic heterocycles. The van der Waals surface area contributed by atoms with Crippen LogP contribution in [0.2, 0.25) is 0 Å². The van der Waals surface area contributed by atoms with Crippen LogP contribution in [0.25, 0.3) is 0 Å². The summed E-state index contributed by atoms with van der Waals surface area (Å²) in [5.74, 6) is -2.17. The Morgan fingerprint density at radius 1 is 1.12 bits per heavy atom. The van der Waals surface area contributed by atoms with Gasteiger partial charge < -0.3 is 9.84 Å². The smallest absolute Gasteiger partial charge is 0.338 e. The van der Waals surface area contributed by atoms with E-state index in [1.807, 2.05) is 0 Å². The molecule has 9 heteroatoms. The minimum atomic E-state index is -4.65. The van der Waals surface area contributed by atoms with E-state index in [2.05, 4.69) is 15.5 Å². The molecule has 1 N–H and O–H groups in total. The molecule has 1 unspecified atom stereocenters. The first-order valence-electron chi connectivity index (χ1n) is 7.32. The molecule has 1 aromatic carbocycles. The van der Waals surface area contributed by atoms with E-state index in [4.69, 9.17) is 4.52 Å². The molecule has 1 aromatic heterocycles. The fourth-order valence-electron chi connectivity index (χ4n) is 2.94. The van der Waals surface area contributed by atoms with Crippen molar-refractivity contribution in [2.75, 3.05) is 13.1 Å². The number of nitrogens with zero attached hydrogens (tertiary/aromatic N) is 2. The summed E-state index contributed by atoms with van der Waals surface area (Å²) < 4.78 is 56.2. The zero-order valence-electron chi connectivity index (χ0n) is 12.5. The Hall–Kier alpha value is -1.67. The second kappa shape index (κ2) is 7.48. The molecular weight excluding hydrogens is 350 g/mol. The van der Waals surface area contributed by atoms with Crippen LogP contribution in [0.1, 0.15) is 36.0 Å². The normalized spacial score (nSPS) is 17.3. The molecule has 132 valence electrons. The zero-order valence-corrected chi connectivity index (χ0v) is 13.3. The van der Waals surface area contributed by atoms with Gasteiger partial charge in [-0.2, -0.15) is 18.2 Å². The van der Waals surface area contributed by atoms with E-state index in [9.17, 15) is 17.6 Å². The minimum absolute atomic E-state index is 0. The predicted octanol–water partition coefficient (Wildman–Crippen LogP) is 3.78. The van der Waals surface area contributed by atoms with Gasteiger partial charge in [-0.3, -0.25) is 0 Å². The number of halogens is 5. The van der Waals surface area contributed by atoms with Gasteiger partial charge in [0.15, 0.2) is 0 Å². The number of nitrogens with one attached hydrogen (secondary N) is 1. The maximum absolute atomic E-state index is 13.1. The van der Waals surface area contributed by atoms with E-state index in [1.165, 1.54) is 12.1 Å². The van der Waals surface area contributed by atoms with Crippen molar-refractivity contribution in [3.63, 3.8) is 0 Å². The van der Waals surface area contributed by atoms with Crippen molar-refractivity contribution >= 4 is 12.4 Å². The van der Waals surface area contributed by atoms with Gasteiger partial charge in [-0.15, -0.1) is 12.4 Å². The topological polar surface area (TPSA) is 51.0 Å². The van der Waals surface area contributed by atoms with E-state index in [-0.39, 0.29) is 24.2 Å². The van der Waals surface area contributed by atoms with Crippen LogP contribution in [-0.2, 0) is 6.18 Å². The van der Waals surface area contributed by atoms with E-state index >= 15 is 0 Å². The number of piperidine rings is 1. The summed E-state index contributed by atoms with van der Waals surface area (Å²) in [5, 5.41) is 6.25. The summed E-state index contributed by atoms with van der Waals surface area (Å²) in [6, 6.07) is 5.67. The summed E-state index contributed by atoms with van der Waals surface area (Å²) in [5.41, 5.74) is 0.677. The Labute approximate surface area is 142 Å². The van der Waals surface area contributed by atoms with Crippen molar-refractivity contribution in [2.45, 2.75) is 24.9 Å². The summed E-state index contributed by atoms with van der Waals surface area (Å²) >= 11 is 0. The SMILES string of the molecule is Cl.Fc1ccc(C(c2nc(C(F)(F)F)no2)C2CCNCC2)cc1. The van der Waals surface area contributed by atoms with Gasteiger partial charge in [-0.25, -0.2) is 4.39 Å². The van der Waals surface area contributed by atoms with Gasteiger partial charge >= 0.3 is 6.18 Å². The van der Waals surface area contributed by atoms with E-state index in [1.54, 1.807) is 12.1 Å². The molecule has 0 amide bonds. The molecule has 24 heavy (non-hydrogen) atoms. The number of hydrogen-bond acceptors (Lipinski definition) is 4. The lowest BCUT2D eigenvalue weighted by Gasteiger charge is -2.28. The molecule has 0 saturated carbocycles. The van der Waals surface area contributed by atoms with Crippen LogP contribution < -0.4 is 5.32 Å². The second-order valence-electron chi connectivity index (χ2n) is 5.57. The van der Waals surface area contributed by atoms with Crippen molar-refractivity contribution in [2.24, 2.45) is 5.92 Å². The number of hydrogen-bond donors (Lipinski definition) is 1. The first kappa shape index (κ1) is 18.7. The van der Waals surface area contributed by atoms with E-state index in [0.29, 0.717) is 5.56 Å². The average molecular weight is 366 g/mol. The third kappa shape index (κ3) is 4.05. The molecule has 0 bridgehead atoms. The molecule has 0 radical (unpaired) electrons. The highest BCUT2D eigenvalue weighted by Gasteiger charge is 2.39. The van der Waals surface area contributed by atoms with Crippen molar-refractivity contribution in [3.05, 3.63) is 47.4 Å². The maximum atomic E-state index is 13.1. The van der Waals surface area contributed by atoms with Crippen LogP contribution in [0.15, 0.2) is 28.8 Å². The third-order valence-electron chi connectivity index (χ3n) is 4.05. The highest BCUT2D eigenvalue weighted by Crippen LogP contribution is 2.37. The highest BCUT2D eigenvalue weighted by molar-refractivity contribution is 5.85. The lowest BCUT2D eigenvalue weighted by atomic mass is 9.80. The maximum Gasteiger partial charge on any atom is 0.455 e. The Morgan fingerprint density at radius 3 is 2.29 bits per heavy atom. The molecule has 1 atom stereocenters. The van der Waals surface area contributed by atoms with Crippen molar-refractivity contribution in [1.29, 1.82) is 0 Å². The predicted molar refractivity (Wildman–Crippen MR) is 80.4 cm³/mol. The van der Waals surface area contributed by atoms with Gasteiger partial charge in [-0.05, 0) is 49.5 Å². The molecule has 1 aliphatic rings. The first-order valence-corrected chi connectivity index (χ1v) is 7.32. The lowest BCUT2D eigenvalue weighted by Crippen LogP contribution is -2.31. The van der Waals surface area contributed by atoms with Crippen LogP contribution in [0.3, 0.4) is 0 Å². The fraction of sp³-hybridized carbons (Fsp3) is 0.467. The van der Waals surface area contributed by atoms with Crippen LogP contribution >= 0.6 is 12.4 Å². The summed E-state index contributed by atoms with van der Waals surface area (Å²) in [6.07, 6.45) is -3.11. The summed E-state index contributed by atoms with van der Waals surface area (Å²) in [7, 11) is 0. The Kier molecular flexibility index (Phi) is 5.82. The van der Waals surface area contributed by atoms with Crippen molar-refractivity contribution in [3.8, 4) is 0 Å². The largest absolute Gasteiger partial charge is 0.455 e. The number of benzene rings is 1. The van der Waals surface area contributed by atoms with Gasteiger partial charge in [0.1, 0.15) is 5.82 Å². The molecule has 0 aliphatic carbocycles. The highest BCUT2D eigenvalue weighted by atomic mass is 35.5. The van der Waals surface area contributed by atoms with Crippen LogP contribution in [-0.4, -0.2) is 23.2 Å². The van der Waals surface area contributed by atoms with E-state index in [0.717, 1.165) is 25.9 Å². The van der Waals surface area contributed by atoms with Crippen molar-refractivity contribution in [1.82, 2.24) is 15.5 Å². The van der Waals surface area contributed by atoms with Gasteiger partial charge in [0.25, 0.3) is 5.82 Å². The molecule has 1 fully saturated rings. The number of aromatic nitrogens is 2. The second-order valence-corrected chi connectivity index (χ2v) is 5.57. The van der Waals surface area contributed by atoms with Crippen LogP contribution in [0.4, 0.5) is 17.6 Å². The molecule has 4 nitrogen and oxygen atoms in total. The fourth-order valence-corrected chi connectivity index (χ4v) is 2.94. The Morgan fingerprint density at radius 2 is 1.75 bits per heavy atom. The van der Waals surface area contributed by atoms with Gasteiger partial charge in [0.2, 0.25) is 5.89 Å². The molecule has 0 spiro atoms. The first-order chi connectivity index (χ1) is 10.9. The van der Waals surface area contributed by atoms with Gasteiger partial charge in [0, 0.05) is 0 Å². The standard InChI is InChI=1S/C15H15F4N3O.ClH/c16-11-3-1-9(2-4-11)12(10-5-7-20-8-6-10)13-21-14(22-23-13)15(17,18)19;/h1-4,10,12,20H,5-8H2;1H. The van der Waals surface area contributed by atoms with Crippen molar-refractivity contribution < 1.29 is 22.1 Å². The lowest BCUT2D eigenvalue weighted by molar-refractivity contribution is -0.146.